The van der Waals surface area contributed by atoms with E-state index in [0.29, 0.717) is 12.1 Å². The molecule has 3 aromatic rings. The Morgan fingerprint density at radius 2 is 2.15 bits per heavy atom. The lowest BCUT2D eigenvalue weighted by Crippen LogP contribution is -2.24. The van der Waals surface area contributed by atoms with Crippen LogP contribution in [-0.2, 0) is 13.6 Å². The maximum Gasteiger partial charge on any atom is 0.336 e. The summed E-state index contributed by atoms with van der Waals surface area (Å²) in [5.74, 6) is -0.108. The molecule has 1 aliphatic heterocycles. The van der Waals surface area contributed by atoms with Gasteiger partial charge in [-0.3, -0.25) is 9.88 Å². The van der Waals surface area contributed by atoms with Crippen molar-refractivity contribution in [2.75, 3.05) is 6.54 Å². The van der Waals surface area contributed by atoms with Gasteiger partial charge in [0.25, 0.3) is 0 Å². The molecule has 0 aliphatic carbocycles. The molecule has 0 spiro atoms. The number of carboxylic acids is 1. The van der Waals surface area contributed by atoms with E-state index in [9.17, 15) is 9.90 Å². The minimum Gasteiger partial charge on any atom is -0.478 e. The molecule has 1 saturated heterocycles. The molecule has 1 atom stereocenters. The van der Waals surface area contributed by atoms with Crippen LogP contribution in [0.15, 0.2) is 49.1 Å². The fourth-order valence-electron chi connectivity index (χ4n) is 3.70. The molecule has 1 fully saturated rings. The molecule has 0 saturated carbocycles. The Kier molecular flexibility index (Phi) is 4.68. The number of carboxylic acid groups (broad SMARTS) is 1. The Balaban J connectivity index is 1.61. The third-order valence-electron chi connectivity index (χ3n) is 5.03. The summed E-state index contributed by atoms with van der Waals surface area (Å²) in [5.41, 5.74) is 2.83. The SMILES string of the molecule is Cn1ccnc1-c1cncc(C2CCCN2Cc2ccccc2C(=O)O)n1. The zero-order valence-electron chi connectivity index (χ0n) is 15.1. The summed E-state index contributed by atoms with van der Waals surface area (Å²) >= 11 is 0. The molecule has 7 heteroatoms. The van der Waals surface area contributed by atoms with Gasteiger partial charge < -0.3 is 9.67 Å². The molecule has 27 heavy (non-hydrogen) atoms. The van der Waals surface area contributed by atoms with Crippen molar-refractivity contribution >= 4 is 5.97 Å². The molecule has 0 amide bonds. The number of aromatic nitrogens is 4. The van der Waals surface area contributed by atoms with Crippen LogP contribution in [0, 0.1) is 0 Å². The first-order valence-electron chi connectivity index (χ1n) is 8.98. The number of hydrogen-bond donors (Lipinski definition) is 1. The van der Waals surface area contributed by atoms with Gasteiger partial charge in [0, 0.05) is 26.0 Å². The van der Waals surface area contributed by atoms with Gasteiger partial charge in [-0.15, -0.1) is 0 Å². The molecule has 1 N–H and O–H groups in total. The van der Waals surface area contributed by atoms with Crippen molar-refractivity contribution in [1.82, 2.24) is 24.4 Å². The predicted molar refractivity (Wildman–Crippen MR) is 100 cm³/mol. The van der Waals surface area contributed by atoms with Gasteiger partial charge in [0.2, 0.25) is 0 Å². The maximum atomic E-state index is 11.5. The first kappa shape index (κ1) is 17.4. The van der Waals surface area contributed by atoms with Crippen molar-refractivity contribution in [2.45, 2.75) is 25.4 Å². The van der Waals surface area contributed by atoms with E-state index >= 15 is 0 Å². The van der Waals surface area contributed by atoms with E-state index in [0.717, 1.165) is 42.2 Å². The second kappa shape index (κ2) is 7.28. The molecule has 4 rings (SSSR count). The minimum atomic E-state index is -0.891. The molecule has 138 valence electrons. The number of benzene rings is 1. The highest BCUT2D eigenvalue weighted by Crippen LogP contribution is 2.33. The maximum absolute atomic E-state index is 11.5. The molecule has 7 nitrogen and oxygen atoms in total. The van der Waals surface area contributed by atoms with E-state index in [1.807, 2.05) is 29.9 Å². The van der Waals surface area contributed by atoms with Gasteiger partial charge in [-0.2, -0.15) is 0 Å². The largest absolute Gasteiger partial charge is 0.478 e. The predicted octanol–water partition coefficient (Wildman–Crippen LogP) is 2.91. The Morgan fingerprint density at radius 3 is 2.93 bits per heavy atom. The summed E-state index contributed by atoms with van der Waals surface area (Å²) in [6.07, 6.45) is 9.19. The van der Waals surface area contributed by atoms with Crippen LogP contribution in [0.4, 0.5) is 0 Å². The molecule has 0 bridgehead atoms. The number of rotatable bonds is 5. The number of nitrogens with zero attached hydrogens (tertiary/aromatic N) is 5. The van der Waals surface area contributed by atoms with Gasteiger partial charge in [0.1, 0.15) is 5.69 Å². The van der Waals surface area contributed by atoms with Crippen LogP contribution in [0.1, 0.15) is 40.5 Å². The van der Waals surface area contributed by atoms with Crippen molar-refractivity contribution in [2.24, 2.45) is 7.05 Å². The zero-order valence-corrected chi connectivity index (χ0v) is 15.1. The fraction of sp³-hybridized carbons (Fsp3) is 0.300. The number of imidazole rings is 1. The first-order chi connectivity index (χ1) is 13.1. The Hall–Kier alpha value is -3.06. The molecular weight excluding hydrogens is 342 g/mol. The highest BCUT2D eigenvalue weighted by atomic mass is 16.4. The molecule has 3 heterocycles. The lowest BCUT2D eigenvalue weighted by molar-refractivity contribution is 0.0694. The van der Waals surface area contributed by atoms with Gasteiger partial charge in [-0.25, -0.2) is 14.8 Å². The number of aryl methyl sites for hydroxylation is 1. The molecule has 0 radical (unpaired) electrons. The minimum absolute atomic E-state index is 0.125. The van der Waals surface area contributed by atoms with Gasteiger partial charge in [0.15, 0.2) is 5.82 Å². The average Bonchev–Trinajstić information content (AvgIpc) is 3.31. The van der Waals surface area contributed by atoms with Crippen LogP contribution in [0.25, 0.3) is 11.5 Å². The Morgan fingerprint density at radius 1 is 1.30 bits per heavy atom. The lowest BCUT2D eigenvalue weighted by atomic mass is 10.1. The molecule has 2 aromatic heterocycles. The van der Waals surface area contributed by atoms with Gasteiger partial charge >= 0.3 is 5.97 Å². The van der Waals surface area contributed by atoms with Crippen LogP contribution in [0.3, 0.4) is 0 Å². The van der Waals surface area contributed by atoms with Crippen molar-refractivity contribution in [3.63, 3.8) is 0 Å². The number of likely N-dealkylation sites (tertiary alicyclic amines) is 1. The molecule has 1 aromatic carbocycles. The average molecular weight is 363 g/mol. The molecule has 1 aliphatic rings. The highest BCUT2D eigenvalue weighted by Gasteiger charge is 2.28. The number of aromatic carboxylic acids is 1. The van der Waals surface area contributed by atoms with E-state index in [4.69, 9.17) is 4.98 Å². The van der Waals surface area contributed by atoms with Crippen molar-refractivity contribution in [3.05, 3.63) is 65.9 Å². The summed E-state index contributed by atoms with van der Waals surface area (Å²) in [4.78, 5) is 27.3. The van der Waals surface area contributed by atoms with E-state index in [-0.39, 0.29) is 6.04 Å². The summed E-state index contributed by atoms with van der Waals surface area (Å²) in [6, 6.07) is 7.31. The summed E-state index contributed by atoms with van der Waals surface area (Å²) in [6.45, 7) is 1.49. The van der Waals surface area contributed by atoms with Gasteiger partial charge in [-0.05, 0) is 31.0 Å². The quantitative estimate of drug-likeness (QED) is 0.750. The standard InChI is InChI=1S/C20H21N5O2/c1-24-10-8-22-19(24)17-12-21-11-16(23-17)18-7-4-9-25(18)13-14-5-2-3-6-15(14)20(26)27/h2-3,5-6,8,10-12,18H,4,7,9,13H2,1H3,(H,26,27). The third kappa shape index (κ3) is 3.46. The van der Waals surface area contributed by atoms with Crippen LogP contribution >= 0.6 is 0 Å². The van der Waals surface area contributed by atoms with Crippen LogP contribution in [0.5, 0.6) is 0 Å². The first-order valence-corrected chi connectivity index (χ1v) is 8.98. The monoisotopic (exact) mass is 363 g/mol. The topological polar surface area (TPSA) is 84.1 Å². The summed E-state index contributed by atoms with van der Waals surface area (Å²) < 4.78 is 1.92. The number of hydrogen-bond acceptors (Lipinski definition) is 5. The second-order valence-electron chi connectivity index (χ2n) is 6.78. The van der Waals surface area contributed by atoms with Crippen molar-refractivity contribution < 1.29 is 9.90 Å². The zero-order chi connectivity index (χ0) is 18.8. The smallest absolute Gasteiger partial charge is 0.336 e. The van der Waals surface area contributed by atoms with Crippen LogP contribution in [-0.4, -0.2) is 42.0 Å². The van der Waals surface area contributed by atoms with E-state index in [2.05, 4.69) is 14.9 Å². The van der Waals surface area contributed by atoms with Gasteiger partial charge in [0.05, 0.1) is 29.7 Å². The van der Waals surface area contributed by atoms with Gasteiger partial charge in [-0.1, -0.05) is 18.2 Å². The Labute approximate surface area is 157 Å². The van der Waals surface area contributed by atoms with E-state index < -0.39 is 5.97 Å². The lowest BCUT2D eigenvalue weighted by Gasteiger charge is -2.24. The van der Waals surface area contributed by atoms with E-state index in [1.165, 1.54) is 0 Å². The third-order valence-corrected chi connectivity index (χ3v) is 5.03. The summed E-state index contributed by atoms with van der Waals surface area (Å²) in [5, 5.41) is 9.44. The Bertz CT molecular complexity index is 968. The van der Waals surface area contributed by atoms with Crippen molar-refractivity contribution in [1.29, 1.82) is 0 Å². The fourth-order valence-corrected chi connectivity index (χ4v) is 3.70. The number of carbonyl (C=O) groups is 1. The second-order valence-corrected chi connectivity index (χ2v) is 6.78. The molecular formula is C20H21N5O2. The van der Waals surface area contributed by atoms with Crippen LogP contribution in [0.2, 0.25) is 0 Å². The highest BCUT2D eigenvalue weighted by molar-refractivity contribution is 5.89. The van der Waals surface area contributed by atoms with Crippen LogP contribution < -0.4 is 0 Å². The van der Waals surface area contributed by atoms with Crippen molar-refractivity contribution in [3.8, 4) is 11.5 Å². The normalized spacial score (nSPS) is 17.3. The van der Waals surface area contributed by atoms with E-state index in [1.54, 1.807) is 30.7 Å². The molecule has 1 unspecified atom stereocenters. The summed E-state index contributed by atoms with van der Waals surface area (Å²) in [7, 11) is 1.93.